The van der Waals surface area contributed by atoms with E-state index in [1.54, 1.807) is 4.68 Å². The summed E-state index contributed by atoms with van der Waals surface area (Å²) >= 11 is 0. The molecule has 7 nitrogen and oxygen atoms in total. The third kappa shape index (κ3) is 4.93. The van der Waals surface area contributed by atoms with Gasteiger partial charge >= 0.3 is 6.03 Å². The molecule has 1 aromatic heterocycles. The number of carbonyl (C=O) groups is 1. The lowest BCUT2D eigenvalue weighted by molar-refractivity contribution is 0.145. The van der Waals surface area contributed by atoms with Crippen molar-refractivity contribution < 1.29 is 9.53 Å². The van der Waals surface area contributed by atoms with Gasteiger partial charge < -0.3 is 20.3 Å². The molecular formula is C14H25N5O2. The molecule has 0 bridgehead atoms. The van der Waals surface area contributed by atoms with E-state index in [4.69, 9.17) is 4.74 Å². The first-order chi connectivity index (χ1) is 10.2. The van der Waals surface area contributed by atoms with Crippen LogP contribution in [0.1, 0.15) is 19.8 Å². The summed E-state index contributed by atoms with van der Waals surface area (Å²) in [5, 5.41) is 10.1. The summed E-state index contributed by atoms with van der Waals surface area (Å²) in [7, 11) is 1.91. The Morgan fingerprint density at radius 3 is 3.14 bits per heavy atom. The standard InChI is InChI=1S/C14H25N5O2/c1-3-21-8-4-6-15-14(20)17-12-5-7-19(10-12)13-9-16-18(2)11-13/h9,11-12H,3-8,10H2,1-2H3,(H2,15,17,20). The number of rotatable bonds is 7. The molecule has 0 aromatic carbocycles. The quantitative estimate of drug-likeness (QED) is 0.727. The molecule has 2 rings (SSSR count). The highest BCUT2D eigenvalue weighted by molar-refractivity contribution is 5.74. The number of aromatic nitrogens is 2. The normalized spacial score (nSPS) is 18.0. The predicted molar refractivity (Wildman–Crippen MR) is 81.5 cm³/mol. The van der Waals surface area contributed by atoms with Crippen LogP contribution in [0.25, 0.3) is 0 Å². The monoisotopic (exact) mass is 295 g/mol. The molecule has 0 saturated carbocycles. The molecule has 7 heteroatoms. The molecule has 1 unspecified atom stereocenters. The Morgan fingerprint density at radius 1 is 1.57 bits per heavy atom. The number of carbonyl (C=O) groups excluding carboxylic acids is 1. The predicted octanol–water partition coefficient (Wildman–Crippen LogP) is 0.725. The van der Waals surface area contributed by atoms with Gasteiger partial charge in [0.15, 0.2) is 0 Å². The number of hydrogen-bond donors (Lipinski definition) is 2. The molecule has 2 heterocycles. The zero-order chi connectivity index (χ0) is 15.1. The van der Waals surface area contributed by atoms with E-state index in [2.05, 4.69) is 20.6 Å². The van der Waals surface area contributed by atoms with Gasteiger partial charge in [0.05, 0.1) is 11.9 Å². The molecule has 1 aliphatic heterocycles. The molecular weight excluding hydrogens is 270 g/mol. The van der Waals surface area contributed by atoms with Gasteiger partial charge in [-0.25, -0.2) is 4.79 Å². The van der Waals surface area contributed by atoms with Crippen molar-refractivity contribution in [3.8, 4) is 0 Å². The van der Waals surface area contributed by atoms with E-state index in [9.17, 15) is 4.79 Å². The van der Waals surface area contributed by atoms with Crippen molar-refractivity contribution in [3.05, 3.63) is 12.4 Å². The lowest BCUT2D eigenvalue weighted by atomic mass is 10.3. The average Bonchev–Trinajstić information content (AvgIpc) is 3.07. The zero-order valence-corrected chi connectivity index (χ0v) is 12.8. The van der Waals surface area contributed by atoms with Crippen LogP contribution in [-0.2, 0) is 11.8 Å². The van der Waals surface area contributed by atoms with Crippen molar-refractivity contribution in [2.75, 3.05) is 37.7 Å². The van der Waals surface area contributed by atoms with E-state index in [0.717, 1.165) is 38.2 Å². The molecule has 118 valence electrons. The summed E-state index contributed by atoms with van der Waals surface area (Å²) in [6.45, 7) is 5.80. The number of nitrogens with one attached hydrogen (secondary N) is 2. The SMILES string of the molecule is CCOCCCNC(=O)NC1CCN(c2cnn(C)c2)C1. The molecule has 1 atom stereocenters. The lowest BCUT2D eigenvalue weighted by Crippen LogP contribution is -2.43. The number of nitrogens with zero attached hydrogens (tertiary/aromatic N) is 3. The van der Waals surface area contributed by atoms with E-state index in [1.807, 2.05) is 26.4 Å². The van der Waals surface area contributed by atoms with Crippen LogP contribution < -0.4 is 15.5 Å². The topological polar surface area (TPSA) is 71.4 Å². The molecule has 1 aliphatic rings. The van der Waals surface area contributed by atoms with Crippen LogP contribution in [0.2, 0.25) is 0 Å². The van der Waals surface area contributed by atoms with Gasteiger partial charge in [0.25, 0.3) is 0 Å². The minimum atomic E-state index is -0.0930. The van der Waals surface area contributed by atoms with Gasteiger partial charge in [-0.1, -0.05) is 0 Å². The van der Waals surface area contributed by atoms with Crippen LogP contribution in [-0.4, -0.2) is 54.7 Å². The summed E-state index contributed by atoms with van der Waals surface area (Å²) in [5.41, 5.74) is 1.11. The molecule has 1 fully saturated rings. The van der Waals surface area contributed by atoms with Crippen molar-refractivity contribution in [3.63, 3.8) is 0 Å². The number of amides is 2. The fraction of sp³-hybridized carbons (Fsp3) is 0.714. The summed E-state index contributed by atoms with van der Waals surface area (Å²) in [5.74, 6) is 0. The highest BCUT2D eigenvalue weighted by Gasteiger charge is 2.24. The Hall–Kier alpha value is -1.76. The Kier molecular flexibility index (Phi) is 5.86. The summed E-state index contributed by atoms with van der Waals surface area (Å²) in [6, 6.07) is 0.0987. The first kappa shape index (κ1) is 15.6. The fourth-order valence-electron chi connectivity index (χ4n) is 2.44. The molecule has 0 spiro atoms. The number of urea groups is 1. The van der Waals surface area contributed by atoms with E-state index < -0.39 is 0 Å². The molecule has 0 aliphatic carbocycles. The maximum Gasteiger partial charge on any atom is 0.315 e. The van der Waals surface area contributed by atoms with Crippen molar-refractivity contribution in [1.29, 1.82) is 0 Å². The third-order valence-electron chi connectivity index (χ3n) is 3.53. The summed E-state index contributed by atoms with van der Waals surface area (Å²) in [4.78, 5) is 14.0. The summed E-state index contributed by atoms with van der Waals surface area (Å²) < 4.78 is 7.02. The van der Waals surface area contributed by atoms with Crippen molar-refractivity contribution in [2.45, 2.75) is 25.8 Å². The smallest absolute Gasteiger partial charge is 0.315 e. The molecule has 21 heavy (non-hydrogen) atoms. The zero-order valence-electron chi connectivity index (χ0n) is 12.8. The van der Waals surface area contributed by atoms with Crippen molar-refractivity contribution in [1.82, 2.24) is 20.4 Å². The van der Waals surface area contributed by atoms with Crippen molar-refractivity contribution in [2.24, 2.45) is 7.05 Å². The first-order valence-corrected chi connectivity index (χ1v) is 7.54. The Labute approximate surface area is 125 Å². The molecule has 1 aromatic rings. The van der Waals surface area contributed by atoms with Crippen LogP contribution >= 0.6 is 0 Å². The van der Waals surface area contributed by atoms with Gasteiger partial charge in [-0.2, -0.15) is 5.10 Å². The Morgan fingerprint density at radius 2 is 2.43 bits per heavy atom. The van der Waals surface area contributed by atoms with Crippen molar-refractivity contribution >= 4 is 11.7 Å². The number of anilines is 1. The summed E-state index contributed by atoms with van der Waals surface area (Å²) in [6.07, 6.45) is 5.65. The lowest BCUT2D eigenvalue weighted by Gasteiger charge is -2.17. The molecule has 0 radical (unpaired) electrons. The van der Waals surface area contributed by atoms with Gasteiger partial charge in [-0.05, 0) is 19.8 Å². The minimum Gasteiger partial charge on any atom is -0.382 e. The number of aryl methyl sites for hydroxylation is 1. The van der Waals surface area contributed by atoms with E-state index in [-0.39, 0.29) is 12.1 Å². The van der Waals surface area contributed by atoms with E-state index >= 15 is 0 Å². The molecule has 2 amide bonds. The largest absolute Gasteiger partial charge is 0.382 e. The maximum absolute atomic E-state index is 11.8. The second-order valence-corrected chi connectivity index (χ2v) is 5.25. The van der Waals surface area contributed by atoms with Gasteiger partial charge in [0, 0.05) is 52.1 Å². The Bertz CT molecular complexity index is 448. The van der Waals surface area contributed by atoms with E-state index in [0.29, 0.717) is 13.2 Å². The Balaban J connectivity index is 1.64. The van der Waals surface area contributed by atoms with Crippen LogP contribution in [0.5, 0.6) is 0 Å². The van der Waals surface area contributed by atoms with Crippen LogP contribution in [0.4, 0.5) is 10.5 Å². The van der Waals surface area contributed by atoms with Crippen LogP contribution in [0, 0.1) is 0 Å². The fourth-order valence-corrected chi connectivity index (χ4v) is 2.44. The van der Waals surface area contributed by atoms with Crippen LogP contribution in [0.15, 0.2) is 12.4 Å². The molecule has 1 saturated heterocycles. The van der Waals surface area contributed by atoms with Gasteiger partial charge in [-0.3, -0.25) is 4.68 Å². The van der Waals surface area contributed by atoms with Gasteiger partial charge in [-0.15, -0.1) is 0 Å². The maximum atomic E-state index is 11.8. The van der Waals surface area contributed by atoms with E-state index in [1.165, 1.54) is 0 Å². The number of ether oxygens (including phenoxy) is 1. The molecule has 2 N–H and O–H groups in total. The highest BCUT2D eigenvalue weighted by atomic mass is 16.5. The van der Waals surface area contributed by atoms with Crippen LogP contribution in [0.3, 0.4) is 0 Å². The second kappa shape index (κ2) is 7.87. The average molecular weight is 295 g/mol. The minimum absolute atomic E-state index is 0.0930. The second-order valence-electron chi connectivity index (χ2n) is 5.25. The number of hydrogen-bond acceptors (Lipinski definition) is 4. The van der Waals surface area contributed by atoms with Gasteiger partial charge in [0.2, 0.25) is 0 Å². The van der Waals surface area contributed by atoms with Gasteiger partial charge in [0.1, 0.15) is 0 Å². The third-order valence-corrected chi connectivity index (χ3v) is 3.53. The highest BCUT2D eigenvalue weighted by Crippen LogP contribution is 2.18. The first-order valence-electron chi connectivity index (χ1n) is 7.54.